The Hall–Kier alpha value is 0.683. The van der Waals surface area contributed by atoms with Crippen molar-refractivity contribution in [1.82, 2.24) is 0 Å². The number of hydrogen-bond donors (Lipinski definition) is 0. The van der Waals surface area contributed by atoms with E-state index in [0.29, 0.717) is 0 Å². The fourth-order valence-corrected chi connectivity index (χ4v) is 0. The molecule has 0 fully saturated rings. The van der Waals surface area contributed by atoms with Gasteiger partial charge in [0.25, 0.3) is 0 Å². The van der Waals surface area contributed by atoms with Crippen LogP contribution in [0.3, 0.4) is 0 Å². The summed E-state index contributed by atoms with van der Waals surface area (Å²) in [6.07, 6.45) is 0. The van der Waals surface area contributed by atoms with E-state index in [2.05, 4.69) is 0 Å². The minimum atomic E-state index is -1.08. The van der Waals surface area contributed by atoms with Gasteiger partial charge in [-0.05, 0) is 0 Å². The van der Waals surface area contributed by atoms with Crippen molar-refractivity contribution < 1.29 is 28.9 Å². The van der Waals surface area contributed by atoms with Crippen LogP contribution >= 0.6 is 8.69 Å². The molecule has 0 rings (SSSR count). The van der Waals surface area contributed by atoms with Crippen molar-refractivity contribution in [3.05, 3.63) is 0 Å². The average Bonchev–Trinajstić information content (AvgIpc) is 0.918. The van der Waals surface area contributed by atoms with E-state index in [4.69, 9.17) is 9.46 Å². The van der Waals surface area contributed by atoms with E-state index >= 15 is 0 Å². The third-order valence-corrected chi connectivity index (χ3v) is 0. The monoisotopic (exact) mass is 127 g/mol. The van der Waals surface area contributed by atoms with Gasteiger partial charge in [0, 0.05) is 0 Å². The Morgan fingerprint density at radius 1 is 1.75 bits per heavy atom. The molecule has 0 aromatic rings. The van der Waals surface area contributed by atoms with Crippen molar-refractivity contribution in [1.29, 1.82) is 0 Å². The van der Waals surface area contributed by atoms with Crippen molar-refractivity contribution in [2.45, 2.75) is 0 Å². The molecule has 2 nitrogen and oxygen atoms in total. The normalized spacial score (nSPS) is 5.25. The summed E-state index contributed by atoms with van der Waals surface area (Å²) in [6, 6.07) is 0. The molecule has 0 saturated carbocycles. The predicted octanol–water partition coefficient (Wildman–Crippen LogP) is -0.449. The van der Waals surface area contributed by atoms with Crippen LogP contribution in [0.25, 0.3) is 0 Å². The molecule has 0 spiro atoms. The van der Waals surface area contributed by atoms with Crippen LogP contribution in [0.4, 0.5) is 0 Å². The molecule has 0 amide bonds. The van der Waals surface area contributed by atoms with Gasteiger partial charge >= 0.3 is 19.5 Å². The van der Waals surface area contributed by atoms with Gasteiger partial charge < -0.3 is 4.89 Å². The molecule has 0 aromatic carbocycles. The van der Waals surface area contributed by atoms with Crippen LogP contribution in [-0.4, -0.2) is 0 Å². The Labute approximate surface area is 38.3 Å². The predicted molar refractivity (Wildman–Crippen MR) is 7.61 cm³/mol. The molecule has 0 unspecified atom stereocenters. The van der Waals surface area contributed by atoms with Crippen LogP contribution in [0, 0.1) is 0 Å². The SMILES string of the molecule is O=P[O-].[Zn+2]. The van der Waals surface area contributed by atoms with Gasteiger partial charge in [-0.1, -0.05) is 0 Å². The van der Waals surface area contributed by atoms with Crippen LogP contribution in [0.5, 0.6) is 0 Å². The summed E-state index contributed by atoms with van der Waals surface area (Å²) in [6.45, 7) is 0. The maximum atomic E-state index is 8.35. The fourth-order valence-electron chi connectivity index (χ4n) is 0. The quantitative estimate of drug-likeness (QED) is 0.327. The molecular formula is O2PZn+. The van der Waals surface area contributed by atoms with E-state index in [1.54, 1.807) is 0 Å². The number of rotatable bonds is 0. The van der Waals surface area contributed by atoms with Crippen molar-refractivity contribution in [3.8, 4) is 0 Å². The topological polar surface area (TPSA) is 40.1 Å². The summed E-state index contributed by atoms with van der Waals surface area (Å²) >= 11 is 0. The minimum Gasteiger partial charge on any atom is -0.772 e. The van der Waals surface area contributed by atoms with Gasteiger partial charge in [-0.2, -0.15) is 0 Å². The van der Waals surface area contributed by atoms with Crippen molar-refractivity contribution >= 4 is 8.69 Å². The van der Waals surface area contributed by atoms with Crippen LogP contribution in [-0.2, 0) is 24.0 Å². The smallest absolute Gasteiger partial charge is 0.772 e. The van der Waals surface area contributed by atoms with Crippen molar-refractivity contribution in [3.63, 3.8) is 0 Å². The van der Waals surface area contributed by atoms with Gasteiger partial charge in [-0.25, -0.2) is 0 Å². The third kappa shape index (κ3) is 16.3. The molecule has 0 aliphatic carbocycles. The molecule has 0 radical (unpaired) electrons. The molecule has 0 aromatic heterocycles. The summed E-state index contributed by atoms with van der Waals surface area (Å²) < 4.78 is 8.35. The van der Waals surface area contributed by atoms with Gasteiger partial charge in [-0.3, -0.25) is 4.57 Å². The molecule has 4 heavy (non-hydrogen) atoms. The zero-order chi connectivity index (χ0) is 2.71. The van der Waals surface area contributed by atoms with E-state index in [1.165, 1.54) is 0 Å². The Kier molecular flexibility index (Phi) is 20.6. The average molecular weight is 128 g/mol. The second-order valence-electron chi connectivity index (χ2n) is 0.0745. The molecule has 0 N–H and O–H groups in total. The first-order valence-electron chi connectivity index (χ1n) is 0.365. The first-order chi connectivity index (χ1) is 1.41. The molecular weight excluding hydrogens is 128 g/mol. The van der Waals surface area contributed by atoms with E-state index < -0.39 is 8.69 Å². The van der Waals surface area contributed by atoms with Gasteiger partial charge in [0.15, 0.2) is 0 Å². The first kappa shape index (κ1) is 8.82. The van der Waals surface area contributed by atoms with Crippen LogP contribution in [0.1, 0.15) is 0 Å². The van der Waals surface area contributed by atoms with Crippen molar-refractivity contribution in [2.24, 2.45) is 0 Å². The summed E-state index contributed by atoms with van der Waals surface area (Å²) in [5.41, 5.74) is 0. The fraction of sp³-hybridized carbons (Fsp3) is 0. The standard InChI is InChI=1S/HO2P.Zn/c1-3-2;/h(H,1,2);/q;+2/p-1. The van der Waals surface area contributed by atoms with Gasteiger partial charge in [0.2, 0.25) is 0 Å². The zero-order valence-electron chi connectivity index (χ0n) is 1.97. The largest absolute Gasteiger partial charge is 2.00 e. The van der Waals surface area contributed by atoms with Crippen LogP contribution in [0.15, 0.2) is 0 Å². The Bertz CT molecular complexity index is 13.5. The summed E-state index contributed by atoms with van der Waals surface area (Å²) in [5, 5.41) is 0. The first-order valence-corrected chi connectivity index (χ1v) is 1.10. The van der Waals surface area contributed by atoms with Gasteiger partial charge in [0.05, 0.1) is 8.69 Å². The zero-order valence-corrected chi connectivity index (χ0v) is 5.83. The molecule has 0 aliphatic rings. The molecule has 0 saturated heterocycles. The van der Waals surface area contributed by atoms with E-state index in [0.717, 1.165) is 0 Å². The maximum absolute atomic E-state index is 8.35. The van der Waals surface area contributed by atoms with Gasteiger partial charge in [-0.15, -0.1) is 0 Å². The molecule has 0 aliphatic heterocycles. The van der Waals surface area contributed by atoms with E-state index in [9.17, 15) is 0 Å². The summed E-state index contributed by atoms with van der Waals surface area (Å²) in [5.74, 6) is 0. The second kappa shape index (κ2) is 9.36. The molecule has 0 atom stereocenters. The van der Waals surface area contributed by atoms with Gasteiger partial charge in [0.1, 0.15) is 0 Å². The Morgan fingerprint density at radius 3 is 1.75 bits per heavy atom. The Morgan fingerprint density at radius 2 is 1.75 bits per heavy atom. The van der Waals surface area contributed by atoms with Crippen LogP contribution in [0.2, 0.25) is 0 Å². The molecule has 18 valence electrons. The molecule has 4 heteroatoms. The number of hydrogen-bond acceptors (Lipinski definition) is 2. The van der Waals surface area contributed by atoms with Crippen molar-refractivity contribution in [2.75, 3.05) is 0 Å². The second-order valence-corrected chi connectivity index (χ2v) is 0.224. The maximum Gasteiger partial charge on any atom is 2.00 e. The summed E-state index contributed by atoms with van der Waals surface area (Å²) in [7, 11) is -1.08. The van der Waals surface area contributed by atoms with E-state index in [-0.39, 0.29) is 19.5 Å². The Balaban J connectivity index is 0. The molecule has 0 heterocycles. The minimum absolute atomic E-state index is 0. The third-order valence-electron chi connectivity index (χ3n) is 0. The van der Waals surface area contributed by atoms with Crippen LogP contribution < -0.4 is 4.89 Å². The molecule has 0 bridgehead atoms. The summed E-state index contributed by atoms with van der Waals surface area (Å²) in [4.78, 5) is 8.35. The van der Waals surface area contributed by atoms with E-state index in [1.807, 2.05) is 0 Å².